The largest absolute Gasteiger partial charge is 0.493 e. The maximum atomic E-state index is 12.3. The van der Waals surface area contributed by atoms with E-state index >= 15 is 0 Å². The molecule has 5 heteroatoms. The van der Waals surface area contributed by atoms with Gasteiger partial charge in [-0.15, -0.1) is 0 Å². The second-order valence-corrected chi connectivity index (χ2v) is 4.41. The molecule has 0 unspecified atom stereocenters. The van der Waals surface area contributed by atoms with E-state index in [9.17, 15) is 9.59 Å². The summed E-state index contributed by atoms with van der Waals surface area (Å²) in [5.41, 5.74) is 2.00. The summed E-state index contributed by atoms with van der Waals surface area (Å²) >= 11 is 0. The number of nitrogens with zero attached hydrogens (tertiary/aromatic N) is 1. The number of carbonyl (C=O) groups is 2. The van der Waals surface area contributed by atoms with E-state index < -0.39 is 5.97 Å². The monoisotopic (exact) mass is 287 g/mol. The fourth-order valence-electron chi connectivity index (χ4n) is 2.34. The molecule has 0 aliphatic rings. The Bertz CT molecular complexity index is 659. The third kappa shape index (κ3) is 2.54. The van der Waals surface area contributed by atoms with Gasteiger partial charge in [0.25, 0.3) is 0 Å². The molecule has 110 valence electrons. The topological polar surface area (TPSA) is 57.5 Å². The standard InChI is InChI=1S/C16H17NO4/c1-4-21-16(19)13-14(11-8-6-5-7-9-11)17(2)12(10-18)15(13)20-3/h5-10H,4H2,1-3H3. The van der Waals surface area contributed by atoms with Crippen LogP contribution in [0.1, 0.15) is 27.8 Å². The van der Waals surface area contributed by atoms with Crippen LogP contribution < -0.4 is 4.74 Å². The molecule has 0 saturated carbocycles. The minimum atomic E-state index is -0.503. The quantitative estimate of drug-likeness (QED) is 0.626. The highest BCUT2D eigenvalue weighted by atomic mass is 16.5. The Morgan fingerprint density at radius 2 is 1.95 bits per heavy atom. The average molecular weight is 287 g/mol. The highest BCUT2D eigenvalue weighted by molar-refractivity contribution is 6.03. The lowest BCUT2D eigenvalue weighted by Gasteiger charge is -2.08. The van der Waals surface area contributed by atoms with Crippen molar-refractivity contribution in [3.8, 4) is 17.0 Å². The van der Waals surface area contributed by atoms with Gasteiger partial charge in [-0.25, -0.2) is 4.79 Å². The van der Waals surface area contributed by atoms with Crippen molar-refractivity contribution < 1.29 is 19.1 Å². The van der Waals surface area contributed by atoms with Gasteiger partial charge >= 0.3 is 5.97 Å². The number of esters is 1. The number of aromatic nitrogens is 1. The average Bonchev–Trinajstić information content (AvgIpc) is 2.80. The molecule has 0 spiro atoms. The molecule has 1 heterocycles. The van der Waals surface area contributed by atoms with Gasteiger partial charge in [-0.1, -0.05) is 30.3 Å². The molecular formula is C16H17NO4. The third-order valence-electron chi connectivity index (χ3n) is 3.24. The van der Waals surface area contributed by atoms with Crippen LogP contribution in [0.2, 0.25) is 0 Å². The Kier molecular flexibility index (Phi) is 4.42. The van der Waals surface area contributed by atoms with Crippen molar-refractivity contribution >= 4 is 12.3 Å². The van der Waals surface area contributed by atoms with Crippen LogP contribution in [-0.2, 0) is 11.8 Å². The summed E-state index contributed by atoms with van der Waals surface area (Å²) in [6, 6.07) is 9.35. The first-order chi connectivity index (χ1) is 10.2. The van der Waals surface area contributed by atoms with E-state index in [0.29, 0.717) is 17.7 Å². The zero-order valence-electron chi connectivity index (χ0n) is 12.3. The second-order valence-electron chi connectivity index (χ2n) is 4.41. The lowest BCUT2D eigenvalue weighted by molar-refractivity contribution is 0.0524. The minimum Gasteiger partial charge on any atom is -0.493 e. The van der Waals surface area contributed by atoms with Gasteiger partial charge in [0.1, 0.15) is 11.3 Å². The van der Waals surface area contributed by atoms with Crippen LogP contribution in [-0.4, -0.2) is 30.5 Å². The summed E-state index contributed by atoms with van der Waals surface area (Å²) in [5, 5.41) is 0. The normalized spacial score (nSPS) is 10.2. The number of hydrogen-bond acceptors (Lipinski definition) is 4. The Morgan fingerprint density at radius 3 is 2.48 bits per heavy atom. The lowest BCUT2D eigenvalue weighted by atomic mass is 10.1. The Morgan fingerprint density at radius 1 is 1.29 bits per heavy atom. The molecule has 2 rings (SSSR count). The Hall–Kier alpha value is -2.56. The molecule has 0 atom stereocenters. The fraction of sp³-hybridized carbons (Fsp3) is 0.250. The van der Waals surface area contributed by atoms with Gasteiger partial charge in [0.15, 0.2) is 12.0 Å². The molecular weight excluding hydrogens is 270 g/mol. The van der Waals surface area contributed by atoms with Gasteiger partial charge in [-0.05, 0) is 12.5 Å². The highest BCUT2D eigenvalue weighted by Crippen LogP contribution is 2.36. The van der Waals surface area contributed by atoms with E-state index in [-0.39, 0.29) is 17.9 Å². The zero-order chi connectivity index (χ0) is 15.4. The van der Waals surface area contributed by atoms with Gasteiger partial charge in [0.05, 0.1) is 19.4 Å². The van der Waals surface area contributed by atoms with Gasteiger partial charge in [0, 0.05) is 7.05 Å². The zero-order valence-corrected chi connectivity index (χ0v) is 12.3. The molecule has 1 aromatic heterocycles. The Labute approximate surface area is 123 Å². The molecule has 2 aromatic rings. The van der Waals surface area contributed by atoms with Crippen LogP contribution >= 0.6 is 0 Å². The summed E-state index contributed by atoms with van der Waals surface area (Å²) in [5.74, 6) is -0.262. The van der Waals surface area contributed by atoms with Crippen molar-refractivity contribution in [3.05, 3.63) is 41.6 Å². The van der Waals surface area contributed by atoms with Crippen molar-refractivity contribution in [2.75, 3.05) is 13.7 Å². The molecule has 0 radical (unpaired) electrons. The highest BCUT2D eigenvalue weighted by Gasteiger charge is 2.28. The van der Waals surface area contributed by atoms with Crippen LogP contribution in [0, 0.1) is 0 Å². The summed E-state index contributed by atoms with van der Waals surface area (Å²) in [4.78, 5) is 23.6. The van der Waals surface area contributed by atoms with Crippen LogP contribution in [0.15, 0.2) is 30.3 Å². The molecule has 5 nitrogen and oxygen atoms in total. The lowest BCUT2D eigenvalue weighted by Crippen LogP contribution is -2.07. The number of hydrogen-bond donors (Lipinski definition) is 0. The van der Waals surface area contributed by atoms with Gasteiger partial charge in [-0.2, -0.15) is 0 Å². The first-order valence-electron chi connectivity index (χ1n) is 6.60. The predicted octanol–water partition coefficient (Wildman–Crippen LogP) is 2.69. The van der Waals surface area contributed by atoms with Crippen molar-refractivity contribution in [2.45, 2.75) is 6.92 Å². The predicted molar refractivity (Wildman–Crippen MR) is 78.7 cm³/mol. The number of ether oxygens (including phenoxy) is 2. The van der Waals surface area contributed by atoms with E-state index in [1.165, 1.54) is 7.11 Å². The van der Waals surface area contributed by atoms with E-state index in [2.05, 4.69) is 0 Å². The Balaban J connectivity index is 2.76. The fourth-order valence-corrected chi connectivity index (χ4v) is 2.34. The van der Waals surface area contributed by atoms with Crippen LogP contribution in [0.4, 0.5) is 0 Å². The van der Waals surface area contributed by atoms with Gasteiger partial charge < -0.3 is 14.0 Å². The van der Waals surface area contributed by atoms with Crippen molar-refractivity contribution in [1.82, 2.24) is 4.57 Å². The summed E-state index contributed by atoms with van der Waals surface area (Å²) in [7, 11) is 3.15. The van der Waals surface area contributed by atoms with Crippen LogP contribution in [0.5, 0.6) is 5.75 Å². The first kappa shape index (κ1) is 14.8. The van der Waals surface area contributed by atoms with Crippen LogP contribution in [0.3, 0.4) is 0 Å². The van der Waals surface area contributed by atoms with E-state index in [0.717, 1.165) is 5.56 Å². The summed E-state index contributed by atoms with van der Waals surface area (Å²) in [6.45, 7) is 1.98. The van der Waals surface area contributed by atoms with E-state index in [4.69, 9.17) is 9.47 Å². The van der Waals surface area contributed by atoms with Gasteiger partial charge in [-0.3, -0.25) is 4.79 Å². The number of benzene rings is 1. The maximum absolute atomic E-state index is 12.3. The smallest absolute Gasteiger partial charge is 0.344 e. The van der Waals surface area contributed by atoms with Crippen molar-refractivity contribution in [3.63, 3.8) is 0 Å². The second kappa shape index (κ2) is 6.26. The SMILES string of the molecule is CCOC(=O)c1c(OC)c(C=O)n(C)c1-c1ccccc1. The molecule has 0 aliphatic carbocycles. The van der Waals surface area contributed by atoms with Gasteiger partial charge in [0.2, 0.25) is 0 Å². The molecule has 0 amide bonds. The molecule has 1 aromatic carbocycles. The molecule has 0 N–H and O–H groups in total. The number of methoxy groups -OCH3 is 1. The van der Waals surface area contributed by atoms with E-state index in [1.54, 1.807) is 18.5 Å². The van der Waals surface area contributed by atoms with Crippen molar-refractivity contribution in [1.29, 1.82) is 0 Å². The molecule has 21 heavy (non-hydrogen) atoms. The van der Waals surface area contributed by atoms with Crippen molar-refractivity contribution in [2.24, 2.45) is 7.05 Å². The summed E-state index contributed by atoms with van der Waals surface area (Å²) in [6.07, 6.45) is 0.675. The molecule has 0 fully saturated rings. The van der Waals surface area contributed by atoms with Crippen LogP contribution in [0.25, 0.3) is 11.3 Å². The summed E-state index contributed by atoms with van der Waals surface area (Å²) < 4.78 is 12.0. The molecule has 0 aliphatic heterocycles. The molecule has 0 bridgehead atoms. The number of rotatable bonds is 5. The minimum absolute atomic E-state index is 0.241. The number of aldehydes is 1. The van der Waals surface area contributed by atoms with E-state index in [1.807, 2.05) is 30.3 Å². The molecule has 0 saturated heterocycles. The first-order valence-corrected chi connectivity index (χ1v) is 6.60. The number of carbonyl (C=O) groups excluding carboxylic acids is 2. The third-order valence-corrected chi connectivity index (χ3v) is 3.24. The maximum Gasteiger partial charge on any atom is 0.344 e.